The molecule has 24 heavy (non-hydrogen) atoms. The van der Waals surface area contributed by atoms with Crippen LogP contribution >= 0.6 is 0 Å². The first-order valence-electron chi connectivity index (χ1n) is 7.38. The number of carbonyl (C=O) groups excluding carboxylic acids is 1. The molecule has 1 amide bonds. The molecule has 7 nitrogen and oxygen atoms in total. The highest BCUT2D eigenvalue weighted by Crippen LogP contribution is 2.29. The van der Waals surface area contributed by atoms with Crippen LogP contribution in [0.1, 0.15) is 23.6 Å². The van der Waals surface area contributed by atoms with Gasteiger partial charge in [-0.05, 0) is 38.5 Å². The predicted octanol–water partition coefficient (Wildman–Crippen LogP) is 1.55. The van der Waals surface area contributed by atoms with Crippen molar-refractivity contribution in [1.82, 2.24) is 5.32 Å². The van der Waals surface area contributed by atoms with E-state index in [0.717, 1.165) is 0 Å². The number of amides is 1. The molecule has 1 aromatic heterocycles. The van der Waals surface area contributed by atoms with Crippen LogP contribution in [0.4, 0.5) is 0 Å². The lowest BCUT2D eigenvalue weighted by Gasteiger charge is -2.12. The third kappa shape index (κ3) is 3.24. The maximum Gasteiger partial charge on any atom is 0.340 e. The second-order valence-electron chi connectivity index (χ2n) is 5.57. The van der Waals surface area contributed by atoms with E-state index >= 15 is 0 Å². The fourth-order valence-electron chi connectivity index (χ4n) is 2.51. The van der Waals surface area contributed by atoms with Gasteiger partial charge >= 0.3 is 11.6 Å². The molecule has 2 N–H and O–H groups in total. The van der Waals surface area contributed by atoms with Crippen molar-refractivity contribution in [1.29, 1.82) is 0 Å². The summed E-state index contributed by atoms with van der Waals surface area (Å²) in [5.41, 5.74) is 1.34. The van der Waals surface area contributed by atoms with Crippen molar-refractivity contribution in [3.8, 4) is 5.75 Å². The number of methoxy groups -OCH3 is 1. The molecular weight excluding hydrogens is 314 g/mol. The number of carboxylic acid groups (broad SMARTS) is 1. The Hall–Kier alpha value is -2.83. The Morgan fingerprint density at radius 3 is 2.54 bits per heavy atom. The van der Waals surface area contributed by atoms with Gasteiger partial charge in [0, 0.05) is 10.9 Å². The van der Waals surface area contributed by atoms with Crippen molar-refractivity contribution in [2.24, 2.45) is 0 Å². The maximum absolute atomic E-state index is 12.3. The molecule has 0 aliphatic rings. The van der Waals surface area contributed by atoms with E-state index in [1.807, 2.05) is 0 Å². The van der Waals surface area contributed by atoms with Gasteiger partial charge in [-0.25, -0.2) is 4.79 Å². The van der Waals surface area contributed by atoms with E-state index in [0.29, 0.717) is 27.8 Å². The number of aryl methyl sites for hydroxylation is 2. The van der Waals surface area contributed by atoms with Crippen LogP contribution in [0.2, 0.25) is 0 Å². The molecule has 2 rings (SSSR count). The summed E-state index contributed by atoms with van der Waals surface area (Å²) in [7, 11) is 1.53. The van der Waals surface area contributed by atoms with E-state index in [-0.39, 0.29) is 12.0 Å². The fourth-order valence-corrected chi connectivity index (χ4v) is 2.51. The molecule has 2 aromatic rings. The van der Waals surface area contributed by atoms with Gasteiger partial charge in [-0.3, -0.25) is 9.59 Å². The average Bonchev–Trinajstić information content (AvgIpc) is 2.52. The average molecular weight is 333 g/mol. The van der Waals surface area contributed by atoms with E-state index in [1.165, 1.54) is 14.0 Å². The van der Waals surface area contributed by atoms with Crippen LogP contribution in [-0.2, 0) is 16.0 Å². The number of fused-ring (bicyclic) bond motifs is 1. The lowest BCUT2D eigenvalue weighted by Crippen LogP contribution is -2.39. The number of nitrogens with one attached hydrogen (secondary N) is 1. The van der Waals surface area contributed by atoms with Crippen LogP contribution in [0, 0.1) is 13.8 Å². The normalized spacial score (nSPS) is 12.0. The summed E-state index contributed by atoms with van der Waals surface area (Å²) in [6, 6.07) is 2.50. The highest BCUT2D eigenvalue weighted by Gasteiger charge is 2.19. The largest absolute Gasteiger partial charge is 0.496 e. The number of benzene rings is 1. The summed E-state index contributed by atoms with van der Waals surface area (Å²) in [4.78, 5) is 35.0. The zero-order chi connectivity index (χ0) is 18.0. The van der Waals surface area contributed by atoms with Crippen molar-refractivity contribution >= 4 is 22.8 Å². The molecule has 0 spiro atoms. The van der Waals surface area contributed by atoms with Gasteiger partial charge in [0.2, 0.25) is 5.91 Å². The first kappa shape index (κ1) is 17.5. The molecule has 0 fully saturated rings. The first-order valence-corrected chi connectivity index (χ1v) is 7.38. The Morgan fingerprint density at radius 1 is 1.29 bits per heavy atom. The van der Waals surface area contributed by atoms with Gasteiger partial charge in [0.25, 0.3) is 0 Å². The van der Waals surface area contributed by atoms with Crippen LogP contribution < -0.4 is 15.7 Å². The third-order valence-corrected chi connectivity index (χ3v) is 3.96. The number of aliphatic carboxylic acids is 1. The number of hydrogen-bond donors (Lipinski definition) is 2. The SMILES string of the molecule is COc1ccc2c(C)c(CC(=O)N[C@@H](C)C(=O)O)c(=O)oc2c1C. The van der Waals surface area contributed by atoms with E-state index in [1.54, 1.807) is 26.0 Å². The molecular formula is C17H19NO6. The van der Waals surface area contributed by atoms with Crippen molar-refractivity contribution in [3.05, 3.63) is 39.2 Å². The highest BCUT2D eigenvalue weighted by atomic mass is 16.5. The van der Waals surface area contributed by atoms with Crippen molar-refractivity contribution in [2.45, 2.75) is 33.2 Å². The summed E-state index contributed by atoms with van der Waals surface area (Å²) >= 11 is 0. The molecule has 7 heteroatoms. The van der Waals surface area contributed by atoms with Gasteiger partial charge in [-0.1, -0.05) is 0 Å². The van der Waals surface area contributed by atoms with Gasteiger partial charge in [0.15, 0.2) is 0 Å². The molecule has 0 aliphatic carbocycles. The Balaban J connectivity index is 2.44. The minimum Gasteiger partial charge on any atom is -0.496 e. The predicted molar refractivity (Wildman–Crippen MR) is 87.5 cm³/mol. The standard InChI is InChI=1S/C17H19NO6/c1-8-11-5-6-13(23-4)9(2)15(11)24-17(22)12(8)7-14(19)18-10(3)16(20)21/h5-6,10H,7H2,1-4H3,(H,18,19)(H,20,21)/t10-/m0/s1. The Labute approximate surface area is 138 Å². The van der Waals surface area contributed by atoms with Gasteiger partial charge in [-0.15, -0.1) is 0 Å². The smallest absolute Gasteiger partial charge is 0.340 e. The second kappa shape index (κ2) is 6.74. The van der Waals surface area contributed by atoms with Crippen molar-refractivity contribution < 1.29 is 23.8 Å². The zero-order valence-electron chi connectivity index (χ0n) is 13.9. The molecule has 1 heterocycles. The number of rotatable bonds is 5. The lowest BCUT2D eigenvalue weighted by atomic mass is 10.0. The quantitative estimate of drug-likeness (QED) is 0.804. The summed E-state index contributed by atoms with van der Waals surface area (Å²) in [5.74, 6) is -1.09. The van der Waals surface area contributed by atoms with Crippen LogP contribution in [0.5, 0.6) is 5.75 Å². The minimum absolute atomic E-state index is 0.210. The summed E-state index contributed by atoms with van der Waals surface area (Å²) in [5, 5.41) is 11.9. The third-order valence-electron chi connectivity index (χ3n) is 3.96. The van der Waals surface area contributed by atoms with Crippen molar-refractivity contribution in [2.75, 3.05) is 7.11 Å². The summed E-state index contributed by atoms with van der Waals surface area (Å²) < 4.78 is 10.6. The van der Waals surface area contributed by atoms with E-state index in [2.05, 4.69) is 5.32 Å². The molecule has 0 bridgehead atoms. The van der Waals surface area contributed by atoms with Gasteiger partial charge < -0.3 is 19.6 Å². The number of carbonyl (C=O) groups is 2. The maximum atomic E-state index is 12.3. The summed E-state index contributed by atoms with van der Waals surface area (Å²) in [6.07, 6.45) is -0.243. The van der Waals surface area contributed by atoms with Crippen LogP contribution in [0.3, 0.4) is 0 Å². The summed E-state index contributed by atoms with van der Waals surface area (Å²) in [6.45, 7) is 4.87. The van der Waals surface area contributed by atoms with Crippen molar-refractivity contribution in [3.63, 3.8) is 0 Å². The lowest BCUT2D eigenvalue weighted by molar-refractivity contribution is -0.141. The number of hydrogen-bond acceptors (Lipinski definition) is 5. The zero-order valence-corrected chi connectivity index (χ0v) is 13.9. The van der Waals surface area contributed by atoms with Crippen LogP contribution in [0.15, 0.2) is 21.3 Å². The van der Waals surface area contributed by atoms with Gasteiger partial charge in [0.1, 0.15) is 17.4 Å². The van der Waals surface area contributed by atoms with E-state index in [9.17, 15) is 14.4 Å². The highest BCUT2D eigenvalue weighted by molar-refractivity contribution is 5.88. The molecule has 0 saturated heterocycles. The minimum atomic E-state index is -1.15. The fraction of sp³-hybridized carbons (Fsp3) is 0.353. The van der Waals surface area contributed by atoms with E-state index < -0.39 is 23.5 Å². The molecule has 128 valence electrons. The Morgan fingerprint density at radius 2 is 1.96 bits per heavy atom. The molecule has 1 aromatic carbocycles. The van der Waals surface area contributed by atoms with Gasteiger partial charge in [0.05, 0.1) is 19.1 Å². The number of carboxylic acids is 1. The van der Waals surface area contributed by atoms with Crippen LogP contribution in [0.25, 0.3) is 11.0 Å². The molecule has 0 radical (unpaired) electrons. The van der Waals surface area contributed by atoms with Gasteiger partial charge in [-0.2, -0.15) is 0 Å². The van der Waals surface area contributed by atoms with E-state index in [4.69, 9.17) is 14.3 Å². The van der Waals surface area contributed by atoms with Crippen LogP contribution in [-0.4, -0.2) is 30.1 Å². The first-order chi connectivity index (χ1) is 11.3. The number of ether oxygens (including phenoxy) is 1. The second-order valence-corrected chi connectivity index (χ2v) is 5.57. The molecule has 1 atom stereocenters. The Kier molecular flexibility index (Phi) is 4.92. The monoisotopic (exact) mass is 333 g/mol. The molecule has 0 aliphatic heterocycles. The Bertz CT molecular complexity index is 867. The molecule has 0 unspecified atom stereocenters. The molecule has 0 saturated carbocycles. The topological polar surface area (TPSA) is 106 Å².